The van der Waals surface area contributed by atoms with Crippen LogP contribution in [-0.2, 0) is 24.4 Å². The average Bonchev–Trinajstić information content (AvgIpc) is 2.75. The second-order valence-electron chi connectivity index (χ2n) is 6.92. The third-order valence-corrected chi connectivity index (χ3v) is 4.75. The molecule has 3 aromatic carbocycles. The van der Waals surface area contributed by atoms with Gasteiger partial charge in [0.25, 0.3) is 0 Å². The number of rotatable bonds is 9. The quantitative estimate of drug-likeness (QED) is 0.586. The topological polar surface area (TPSA) is 52.6 Å². The molecule has 0 saturated carbocycles. The second-order valence-corrected chi connectivity index (χ2v) is 6.92. The van der Waals surface area contributed by atoms with Crippen LogP contribution in [0.5, 0.6) is 0 Å². The van der Waals surface area contributed by atoms with Gasteiger partial charge < -0.3 is 10.4 Å². The molecule has 0 bridgehead atoms. The van der Waals surface area contributed by atoms with Crippen LogP contribution in [0.2, 0.25) is 0 Å². The lowest BCUT2D eigenvalue weighted by molar-refractivity contribution is -0.128. The molecule has 29 heavy (non-hydrogen) atoms. The van der Waals surface area contributed by atoms with E-state index in [0.29, 0.717) is 13.1 Å². The van der Waals surface area contributed by atoms with Gasteiger partial charge in [-0.25, -0.2) is 4.39 Å². The molecule has 3 aromatic rings. The first-order chi connectivity index (χ1) is 14.2. The van der Waals surface area contributed by atoms with Gasteiger partial charge in [-0.15, -0.1) is 0 Å². The molecule has 0 aliphatic rings. The first kappa shape index (κ1) is 20.7. The van der Waals surface area contributed by atoms with E-state index in [4.69, 9.17) is 0 Å². The summed E-state index contributed by atoms with van der Waals surface area (Å²) in [7, 11) is 0. The van der Waals surface area contributed by atoms with Crippen LogP contribution < -0.4 is 5.32 Å². The number of benzene rings is 3. The van der Waals surface area contributed by atoms with Gasteiger partial charge in [-0.2, -0.15) is 0 Å². The highest BCUT2D eigenvalue weighted by Crippen LogP contribution is 2.14. The minimum atomic E-state index is -0.698. The Bertz CT molecular complexity index is 844. The first-order valence-corrected chi connectivity index (χ1v) is 9.60. The fourth-order valence-electron chi connectivity index (χ4n) is 3.19. The summed E-state index contributed by atoms with van der Waals surface area (Å²) in [6.45, 7) is 1.05. The molecule has 0 aliphatic heterocycles. The molecular formula is C24H25FN2O2. The van der Waals surface area contributed by atoms with Gasteiger partial charge in [0.1, 0.15) is 11.9 Å². The molecule has 5 heteroatoms. The van der Waals surface area contributed by atoms with Gasteiger partial charge in [0, 0.05) is 19.6 Å². The lowest BCUT2D eigenvalue weighted by Gasteiger charge is -2.30. The van der Waals surface area contributed by atoms with E-state index >= 15 is 0 Å². The predicted molar refractivity (Wildman–Crippen MR) is 111 cm³/mol. The molecule has 1 atom stereocenters. The predicted octanol–water partition coefficient (Wildman–Crippen LogP) is 3.51. The third-order valence-electron chi connectivity index (χ3n) is 4.75. The zero-order chi connectivity index (χ0) is 20.5. The number of amides is 1. The van der Waals surface area contributed by atoms with Crippen molar-refractivity contribution in [3.63, 3.8) is 0 Å². The summed E-state index contributed by atoms with van der Waals surface area (Å²) < 4.78 is 13.1. The SMILES string of the molecule is O=C(NCc1ccc(F)cc1)C(CO)N(Cc1ccccc1)Cc1ccccc1. The molecule has 0 radical (unpaired) electrons. The van der Waals surface area contributed by atoms with Crippen molar-refractivity contribution in [2.24, 2.45) is 0 Å². The number of carbonyl (C=O) groups is 1. The van der Waals surface area contributed by atoms with Gasteiger partial charge in [0.15, 0.2) is 0 Å². The Balaban J connectivity index is 1.73. The van der Waals surface area contributed by atoms with E-state index in [0.717, 1.165) is 16.7 Å². The first-order valence-electron chi connectivity index (χ1n) is 9.60. The maximum atomic E-state index is 13.1. The molecule has 0 fully saturated rings. The van der Waals surface area contributed by atoms with E-state index in [9.17, 15) is 14.3 Å². The number of halogens is 1. The van der Waals surface area contributed by atoms with Gasteiger partial charge in [0.05, 0.1) is 6.61 Å². The smallest absolute Gasteiger partial charge is 0.240 e. The van der Waals surface area contributed by atoms with Crippen molar-refractivity contribution < 1.29 is 14.3 Å². The Morgan fingerprint density at radius 1 is 0.828 bits per heavy atom. The summed E-state index contributed by atoms with van der Waals surface area (Å²) in [5.41, 5.74) is 2.93. The minimum absolute atomic E-state index is 0.260. The Hall–Kier alpha value is -3.02. The van der Waals surface area contributed by atoms with Crippen molar-refractivity contribution in [1.29, 1.82) is 0 Å². The van der Waals surface area contributed by atoms with Crippen LogP contribution in [0.25, 0.3) is 0 Å². The van der Waals surface area contributed by atoms with E-state index in [2.05, 4.69) is 5.32 Å². The Labute approximate surface area is 170 Å². The highest BCUT2D eigenvalue weighted by atomic mass is 19.1. The van der Waals surface area contributed by atoms with Gasteiger partial charge >= 0.3 is 0 Å². The molecule has 1 amide bonds. The van der Waals surface area contributed by atoms with Crippen molar-refractivity contribution in [1.82, 2.24) is 10.2 Å². The highest BCUT2D eigenvalue weighted by molar-refractivity contribution is 5.81. The van der Waals surface area contributed by atoms with Crippen LogP contribution in [0.1, 0.15) is 16.7 Å². The van der Waals surface area contributed by atoms with E-state index in [1.54, 1.807) is 12.1 Å². The zero-order valence-electron chi connectivity index (χ0n) is 16.2. The van der Waals surface area contributed by atoms with E-state index in [1.807, 2.05) is 65.6 Å². The van der Waals surface area contributed by atoms with E-state index < -0.39 is 6.04 Å². The Kier molecular flexibility index (Phi) is 7.50. The normalized spacial score (nSPS) is 12.0. The standard InChI is InChI=1S/C24H25FN2O2/c25-22-13-11-19(12-14-22)15-26-24(29)23(18-28)27(16-20-7-3-1-4-8-20)17-21-9-5-2-6-10-21/h1-14,23,28H,15-18H2,(H,26,29). The van der Waals surface area contributed by atoms with Gasteiger partial charge in [-0.1, -0.05) is 72.8 Å². The fraction of sp³-hybridized carbons (Fsp3) is 0.208. The summed E-state index contributed by atoms with van der Waals surface area (Å²) in [6, 6.07) is 25.0. The highest BCUT2D eigenvalue weighted by Gasteiger charge is 2.25. The molecule has 0 saturated heterocycles. The summed E-state index contributed by atoms with van der Waals surface area (Å²) >= 11 is 0. The molecule has 1 unspecified atom stereocenters. The molecule has 150 valence electrons. The number of aliphatic hydroxyl groups excluding tert-OH is 1. The molecule has 0 spiro atoms. The monoisotopic (exact) mass is 392 g/mol. The fourth-order valence-corrected chi connectivity index (χ4v) is 3.19. The van der Waals surface area contributed by atoms with E-state index in [-0.39, 0.29) is 24.9 Å². The maximum Gasteiger partial charge on any atom is 0.240 e. The second kappa shape index (κ2) is 10.5. The summed E-state index contributed by atoms with van der Waals surface area (Å²) in [5.74, 6) is -0.575. The van der Waals surface area contributed by atoms with Crippen LogP contribution in [-0.4, -0.2) is 28.6 Å². The van der Waals surface area contributed by atoms with Crippen LogP contribution in [0.4, 0.5) is 4.39 Å². The van der Waals surface area contributed by atoms with Crippen LogP contribution in [0.15, 0.2) is 84.9 Å². The van der Waals surface area contributed by atoms with Crippen molar-refractivity contribution in [3.8, 4) is 0 Å². The lowest BCUT2D eigenvalue weighted by Crippen LogP contribution is -2.48. The molecule has 0 aromatic heterocycles. The number of nitrogens with one attached hydrogen (secondary N) is 1. The van der Waals surface area contributed by atoms with Crippen molar-refractivity contribution in [2.45, 2.75) is 25.7 Å². The van der Waals surface area contributed by atoms with Gasteiger partial charge in [-0.3, -0.25) is 9.69 Å². The molecule has 2 N–H and O–H groups in total. The van der Waals surface area contributed by atoms with Crippen molar-refractivity contribution in [3.05, 3.63) is 107 Å². The third kappa shape index (κ3) is 6.24. The largest absolute Gasteiger partial charge is 0.394 e. The lowest BCUT2D eigenvalue weighted by atomic mass is 10.1. The number of hydrogen-bond donors (Lipinski definition) is 2. The number of aliphatic hydroxyl groups is 1. The molecule has 4 nitrogen and oxygen atoms in total. The molecule has 3 rings (SSSR count). The number of carbonyl (C=O) groups excluding carboxylic acids is 1. The number of nitrogens with zero attached hydrogens (tertiary/aromatic N) is 1. The van der Waals surface area contributed by atoms with Crippen LogP contribution in [0.3, 0.4) is 0 Å². The van der Waals surface area contributed by atoms with Crippen LogP contribution in [0, 0.1) is 5.82 Å². The van der Waals surface area contributed by atoms with Crippen molar-refractivity contribution >= 4 is 5.91 Å². The maximum absolute atomic E-state index is 13.1. The Morgan fingerprint density at radius 2 is 1.34 bits per heavy atom. The van der Waals surface area contributed by atoms with E-state index in [1.165, 1.54) is 12.1 Å². The zero-order valence-corrected chi connectivity index (χ0v) is 16.2. The Morgan fingerprint density at radius 3 is 1.83 bits per heavy atom. The van der Waals surface area contributed by atoms with Crippen molar-refractivity contribution in [2.75, 3.05) is 6.61 Å². The van der Waals surface area contributed by atoms with Crippen LogP contribution >= 0.6 is 0 Å². The summed E-state index contributed by atoms with van der Waals surface area (Å²) in [5, 5.41) is 12.9. The molecule has 0 heterocycles. The summed E-state index contributed by atoms with van der Waals surface area (Å²) in [4.78, 5) is 14.8. The average molecular weight is 392 g/mol. The van der Waals surface area contributed by atoms with Gasteiger partial charge in [0.2, 0.25) is 5.91 Å². The van der Waals surface area contributed by atoms with Gasteiger partial charge in [-0.05, 0) is 28.8 Å². The minimum Gasteiger partial charge on any atom is -0.394 e. The number of hydrogen-bond acceptors (Lipinski definition) is 3. The molecule has 0 aliphatic carbocycles. The summed E-state index contributed by atoms with van der Waals surface area (Å²) in [6.07, 6.45) is 0. The molecular weight excluding hydrogens is 367 g/mol.